The number of amides is 1. The number of piperidine rings is 1. The Labute approximate surface area is 141 Å². The zero-order valence-electron chi connectivity index (χ0n) is 13.6. The van der Waals surface area contributed by atoms with Crippen LogP contribution in [0.2, 0.25) is 0 Å². The molecule has 1 fully saturated rings. The van der Waals surface area contributed by atoms with Crippen LogP contribution < -0.4 is 4.72 Å². The fraction of sp³-hybridized carbons (Fsp3) is 0.500. The summed E-state index contributed by atoms with van der Waals surface area (Å²) in [5.41, 5.74) is 1.23. The molecule has 1 aromatic rings. The lowest BCUT2D eigenvalue weighted by Crippen LogP contribution is -2.42. The van der Waals surface area contributed by atoms with Crippen molar-refractivity contribution < 1.29 is 23.1 Å². The van der Waals surface area contributed by atoms with Gasteiger partial charge in [-0.3, -0.25) is 9.59 Å². The predicted octanol–water partition coefficient (Wildman–Crippen LogP) is 1.06. The topological polar surface area (TPSA) is 104 Å². The number of benzene rings is 1. The first-order chi connectivity index (χ1) is 11.3. The van der Waals surface area contributed by atoms with Crippen molar-refractivity contribution in [3.05, 3.63) is 35.4 Å². The summed E-state index contributed by atoms with van der Waals surface area (Å²) in [6.45, 7) is 2.52. The van der Waals surface area contributed by atoms with Gasteiger partial charge in [0, 0.05) is 25.2 Å². The third kappa shape index (κ3) is 4.78. The van der Waals surface area contributed by atoms with Crippen molar-refractivity contribution in [3.63, 3.8) is 0 Å². The van der Waals surface area contributed by atoms with Crippen LogP contribution in [-0.4, -0.2) is 49.1 Å². The monoisotopic (exact) mass is 354 g/mol. The van der Waals surface area contributed by atoms with Crippen LogP contribution in [0.1, 0.15) is 35.7 Å². The van der Waals surface area contributed by atoms with Crippen molar-refractivity contribution in [2.24, 2.45) is 5.92 Å². The summed E-state index contributed by atoms with van der Waals surface area (Å²) in [6, 6.07) is 6.68. The minimum Gasteiger partial charge on any atom is -0.481 e. The first-order valence-electron chi connectivity index (χ1n) is 7.90. The number of sulfonamides is 1. The molecular weight excluding hydrogens is 332 g/mol. The normalized spacial score (nSPS) is 18.4. The van der Waals surface area contributed by atoms with Gasteiger partial charge in [0.15, 0.2) is 0 Å². The molecule has 24 heavy (non-hydrogen) atoms. The molecule has 2 rings (SSSR count). The van der Waals surface area contributed by atoms with E-state index in [1.165, 1.54) is 0 Å². The van der Waals surface area contributed by atoms with Gasteiger partial charge in [0.1, 0.15) is 0 Å². The summed E-state index contributed by atoms with van der Waals surface area (Å²) in [6.07, 6.45) is 1.27. The molecule has 7 nitrogen and oxygen atoms in total. The van der Waals surface area contributed by atoms with E-state index in [0.29, 0.717) is 24.9 Å². The highest BCUT2D eigenvalue weighted by atomic mass is 32.2. The van der Waals surface area contributed by atoms with E-state index in [4.69, 9.17) is 5.11 Å². The fourth-order valence-corrected chi connectivity index (χ4v) is 3.20. The first-order valence-corrected chi connectivity index (χ1v) is 9.56. The van der Waals surface area contributed by atoms with Gasteiger partial charge in [0.25, 0.3) is 5.91 Å². The van der Waals surface area contributed by atoms with Crippen molar-refractivity contribution in [1.82, 2.24) is 9.62 Å². The Hall–Kier alpha value is -1.93. The molecule has 1 heterocycles. The Bertz CT molecular complexity index is 700. The number of carboxylic acid groups (broad SMARTS) is 1. The highest BCUT2D eigenvalue weighted by molar-refractivity contribution is 7.89. The highest BCUT2D eigenvalue weighted by Crippen LogP contribution is 2.19. The fourth-order valence-electron chi connectivity index (χ4n) is 2.61. The second-order valence-electron chi connectivity index (χ2n) is 5.85. The molecule has 1 atom stereocenters. The zero-order chi connectivity index (χ0) is 17.7. The number of hydrogen-bond donors (Lipinski definition) is 2. The van der Waals surface area contributed by atoms with Crippen molar-refractivity contribution in [2.45, 2.75) is 26.3 Å². The number of carbonyl (C=O) groups is 2. The van der Waals surface area contributed by atoms with Crippen LogP contribution in [0.3, 0.4) is 0 Å². The molecule has 0 saturated carbocycles. The molecular formula is C16H22N2O5S. The standard InChI is InChI=1S/C16H22N2O5S/c1-2-24(22,23)17-10-12-5-7-13(8-6-12)15(19)18-9-3-4-14(11-18)16(20)21/h5-8,14,17H,2-4,9-11H2,1H3,(H,20,21). The molecule has 1 aliphatic rings. The number of hydrogen-bond acceptors (Lipinski definition) is 4. The van der Waals surface area contributed by atoms with Gasteiger partial charge in [-0.1, -0.05) is 12.1 Å². The van der Waals surface area contributed by atoms with E-state index in [2.05, 4.69) is 4.72 Å². The number of nitrogens with zero attached hydrogens (tertiary/aromatic N) is 1. The number of rotatable bonds is 6. The van der Waals surface area contributed by atoms with E-state index in [-0.39, 0.29) is 24.7 Å². The summed E-state index contributed by atoms with van der Waals surface area (Å²) in [5.74, 6) is -1.55. The second-order valence-corrected chi connectivity index (χ2v) is 7.95. The van der Waals surface area contributed by atoms with Gasteiger partial charge in [-0.05, 0) is 37.5 Å². The molecule has 0 radical (unpaired) electrons. The minimum absolute atomic E-state index is 0.0171. The Balaban J connectivity index is 1.99. The minimum atomic E-state index is -3.26. The summed E-state index contributed by atoms with van der Waals surface area (Å²) in [5, 5.41) is 9.10. The third-order valence-electron chi connectivity index (χ3n) is 4.13. The van der Waals surface area contributed by atoms with E-state index in [1.54, 1.807) is 36.1 Å². The number of likely N-dealkylation sites (tertiary alicyclic amines) is 1. The van der Waals surface area contributed by atoms with Crippen LogP contribution in [0.15, 0.2) is 24.3 Å². The number of nitrogens with one attached hydrogen (secondary N) is 1. The molecule has 1 saturated heterocycles. The van der Waals surface area contributed by atoms with Gasteiger partial charge >= 0.3 is 5.97 Å². The van der Waals surface area contributed by atoms with Crippen LogP contribution in [-0.2, 0) is 21.4 Å². The lowest BCUT2D eigenvalue weighted by atomic mass is 9.97. The maximum absolute atomic E-state index is 12.5. The molecule has 0 spiro atoms. The number of aliphatic carboxylic acids is 1. The largest absolute Gasteiger partial charge is 0.481 e. The number of carbonyl (C=O) groups excluding carboxylic acids is 1. The molecule has 1 aliphatic heterocycles. The van der Waals surface area contributed by atoms with Gasteiger partial charge in [0.05, 0.1) is 11.7 Å². The molecule has 1 unspecified atom stereocenters. The van der Waals surface area contributed by atoms with Gasteiger partial charge in [-0.15, -0.1) is 0 Å². The maximum Gasteiger partial charge on any atom is 0.308 e. The van der Waals surface area contributed by atoms with Crippen molar-refractivity contribution in [2.75, 3.05) is 18.8 Å². The Morgan fingerprint density at radius 2 is 1.96 bits per heavy atom. The quantitative estimate of drug-likeness (QED) is 0.795. The molecule has 0 aromatic heterocycles. The lowest BCUT2D eigenvalue weighted by molar-refractivity contribution is -0.143. The molecule has 8 heteroatoms. The van der Waals surface area contributed by atoms with E-state index in [9.17, 15) is 18.0 Å². The van der Waals surface area contributed by atoms with Crippen LogP contribution in [0.25, 0.3) is 0 Å². The summed E-state index contributed by atoms with van der Waals surface area (Å²) in [4.78, 5) is 25.1. The highest BCUT2D eigenvalue weighted by Gasteiger charge is 2.28. The summed E-state index contributed by atoms with van der Waals surface area (Å²) in [7, 11) is -3.26. The predicted molar refractivity (Wildman–Crippen MR) is 89.0 cm³/mol. The Morgan fingerprint density at radius 3 is 2.54 bits per heavy atom. The van der Waals surface area contributed by atoms with E-state index >= 15 is 0 Å². The Kier molecular flexibility index (Phi) is 5.95. The average molecular weight is 354 g/mol. The molecule has 132 valence electrons. The summed E-state index contributed by atoms with van der Waals surface area (Å²) >= 11 is 0. The lowest BCUT2D eigenvalue weighted by Gasteiger charge is -2.30. The van der Waals surface area contributed by atoms with Gasteiger partial charge in [-0.25, -0.2) is 13.1 Å². The van der Waals surface area contributed by atoms with Crippen molar-refractivity contribution in [1.29, 1.82) is 0 Å². The molecule has 0 aliphatic carbocycles. The van der Waals surface area contributed by atoms with E-state index < -0.39 is 21.9 Å². The van der Waals surface area contributed by atoms with Crippen molar-refractivity contribution in [3.8, 4) is 0 Å². The second kappa shape index (κ2) is 7.76. The average Bonchev–Trinajstić information content (AvgIpc) is 2.60. The number of carboxylic acids is 1. The van der Waals surface area contributed by atoms with Gasteiger partial charge in [-0.2, -0.15) is 0 Å². The smallest absolute Gasteiger partial charge is 0.308 e. The first kappa shape index (κ1) is 18.4. The van der Waals surface area contributed by atoms with Crippen LogP contribution in [0.5, 0.6) is 0 Å². The Morgan fingerprint density at radius 1 is 1.29 bits per heavy atom. The molecule has 0 bridgehead atoms. The molecule has 2 N–H and O–H groups in total. The van der Waals surface area contributed by atoms with Crippen LogP contribution >= 0.6 is 0 Å². The van der Waals surface area contributed by atoms with E-state index in [0.717, 1.165) is 5.56 Å². The molecule has 1 aromatic carbocycles. The van der Waals surface area contributed by atoms with Gasteiger partial charge < -0.3 is 10.0 Å². The third-order valence-corrected chi connectivity index (χ3v) is 5.48. The maximum atomic E-state index is 12.5. The summed E-state index contributed by atoms with van der Waals surface area (Å²) < 4.78 is 25.3. The molecule has 1 amide bonds. The van der Waals surface area contributed by atoms with E-state index in [1.807, 2.05) is 0 Å². The van der Waals surface area contributed by atoms with Crippen LogP contribution in [0.4, 0.5) is 0 Å². The van der Waals surface area contributed by atoms with Gasteiger partial charge in [0.2, 0.25) is 10.0 Å². The van der Waals surface area contributed by atoms with Crippen LogP contribution in [0, 0.1) is 5.92 Å². The SMILES string of the molecule is CCS(=O)(=O)NCc1ccc(C(=O)N2CCCC(C(=O)O)C2)cc1. The van der Waals surface area contributed by atoms with Crippen molar-refractivity contribution >= 4 is 21.9 Å². The zero-order valence-corrected chi connectivity index (χ0v) is 14.4.